The predicted molar refractivity (Wildman–Crippen MR) is 72.2 cm³/mol. The number of carbonyl (C=O) groups is 2. The molecule has 0 aliphatic carbocycles. The molecule has 1 atom stereocenters. The fourth-order valence-electron chi connectivity index (χ4n) is 2.04. The molecule has 0 spiro atoms. The van der Waals surface area contributed by atoms with Gasteiger partial charge in [0.25, 0.3) is 0 Å². The molecular weight excluding hydrogens is 286 g/mol. The maximum absolute atomic E-state index is 12.0. The summed E-state index contributed by atoms with van der Waals surface area (Å²) in [5, 5.41) is 0. The molecule has 0 aromatic heterocycles. The Hall–Kier alpha value is -1.19. The number of ether oxygens (including phenoxy) is 1. The van der Waals surface area contributed by atoms with E-state index in [1.54, 1.807) is 0 Å². The monoisotopic (exact) mass is 307 g/mol. The van der Waals surface area contributed by atoms with Crippen molar-refractivity contribution in [3.8, 4) is 0 Å². The molecule has 2 amide bonds. The molecule has 0 aromatic carbocycles. The first kappa shape index (κ1) is 16.9. The summed E-state index contributed by atoms with van der Waals surface area (Å²) < 4.78 is 29.2. The minimum absolute atomic E-state index is 0.0161. The number of sulfonamides is 1. The van der Waals surface area contributed by atoms with Crippen molar-refractivity contribution in [1.29, 1.82) is 0 Å². The van der Waals surface area contributed by atoms with Gasteiger partial charge >= 0.3 is 0 Å². The molecular formula is C11H21N3O5S. The fraction of sp³-hybridized carbons (Fsp3) is 0.818. The lowest BCUT2D eigenvalue weighted by Gasteiger charge is -2.22. The molecule has 0 unspecified atom stereocenters. The van der Waals surface area contributed by atoms with Gasteiger partial charge in [0.2, 0.25) is 21.8 Å². The van der Waals surface area contributed by atoms with Gasteiger partial charge in [-0.25, -0.2) is 8.42 Å². The summed E-state index contributed by atoms with van der Waals surface area (Å²) in [7, 11) is -1.93. The van der Waals surface area contributed by atoms with Crippen LogP contribution < -0.4 is 5.73 Å². The Morgan fingerprint density at radius 1 is 1.30 bits per heavy atom. The van der Waals surface area contributed by atoms with Gasteiger partial charge in [0.1, 0.15) is 0 Å². The first-order valence-corrected chi connectivity index (χ1v) is 8.11. The molecule has 1 aliphatic heterocycles. The Bertz CT molecular complexity index is 465. The normalized spacial score (nSPS) is 21.5. The summed E-state index contributed by atoms with van der Waals surface area (Å²) in [5.74, 6) is -1.47. The zero-order chi connectivity index (χ0) is 15.3. The first-order valence-electron chi connectivity index (χ1n) is 6.27. The molecule has 20 heavy (non-hydrogen) atoms. The molecule has 0 bridgehead atoms. The van der Waals surface area contributed by atoms with Crippen molar-refractivity contribution in [1.82, 2.24) is 9.21 Å². The van der Waals surface area contributed by atoms with Gasteiger partial charge in [0.05, 0.1) is 25.2 Å². The highest BCUT2D eigenvalue weighted by atomic mass is 32.2. The van der Waals surface area contributed by atoms with Crippen molar-refractivity contribution in [3.05, 3.63) is 0 Å². The summed E-state index contributed by atoms with van der Waals surface area (Å²) in [5.41, 5.74) is 5.28. The number of hydrogen-bond donors (Lipinski definition) is 1. The number of rotatable bonds is 5. The first-order chi connectivity index (χ1) is 9.25. The van der Waals surface area contributed by atoms with E-state index in [1.165, 1.54) is 16.3 Å². The molecule has 1 heterocycles. The largest absolute Gasteiger partial charge is 0.384 e. The molecule has 0 radical (unpaired) electrons. The van der Waals surface area contributed by atoms with E-state index in [1.807, 2.05) is 0 Å². The Labute approximate surface area is 118 Å². The molecule has 0 aromatic rings. The van der Waals surface area contributed by atoms with E-state index in [9.17, 15) is 18.0 Å². The number of carbonyl (C=O) groups excluding carboxylic acids is 2. The van der Waals surface area contributed by atoms with Crippen molar-refractivity contribution in [2.24, 2.45) is 11.7 Å². The average Bonchev–Trinajstić information content (AvgIpc) is 2.58. The van der Waals surface area contributed by atoms with E-state index in [0.29, 0.717) is 0 Å². The van der Waals surface area contributed by atoms with Crippen LogP contribution in [0.4, 0.5) is 0 Å². The van der Waals surface area contributed by atoms with Gasteiger partial charge in [-0.1, -0.05) is 0 Å². The molecule has 1 fully saturated rings. The Balaban J connectivity index is 2.82. The van der Waals surface area contributed by atoms with Gasteiger partial charge < -0.3 is 15.4 Å². The molecule has 8 nitrogen and oxygen atoms in total. The highest BCUT2D eigenvalue weighted by Gasteiger charge is 2.32. The number of amides is 2. The zero-order valence-corrected chi connectivity index (χ0v) is 12.6. The molecule has 2 N–H and O–H groups in total. The summed E-state index contributed by atoms with van der Waals surface area (Å²) in [4.78, 5) is 24.8. The second kappa shape index (κ2) is 7.00. The van der Waals surface area contributed by atoms with E-state index in [4.69, 9.17) is 10.5 Å². The van der Waals surface area contributed by atoms with Gasteiger partial charge in [-0.15, -0.1) is 0 Å². The highest BCUT2D eigenvalue weighted by Crippen LogP contribution is 2.13. The van der Waals surface area contributed by atoms with Crippen molar-refractivity contribution in [2.45, 2.75) is 6.42 Å². The zero-order valence-electron chi connectivity index (χ0n) is 11.7. The van der Waals surface area contributed by atoms with Crippen molar-refractivity contribution >= 4 is 21.8 Å². The lowest BCUT2D eigenvalue weighted by Crippen LogP contribution is -2.41. The van der Waals surface area contributed by atoms with Crippen LogP contribution in [-0.2, 0) is 24.3 Å². The predicted octanol–water partition coefficient (Wildman–Crippen LogP) is -1.77. The lowest BCUT2D eigenvalue weighted by molar-refractivity contribution is -0.133. The van der Waals surface area contributed by atoms with Crippen LogP contribution in [-0.4, -0.2) is 75.6 Å². The number of methoxy groups -OCH3 is 1. The number of nitrogens with two attached hydrogens (primary N) is 1. The van der Waals surface area contributed by atoms with E-state index in [2.05, 4.69) is 0 Å². The maximum atomic E-state index is 12.0. The van der Waals surface area contributed by atoms with Crippen LogP contribution in [0.15, 0.2) is 0 Å². The van der Waals surface area contributed by atoms with Crippen LogP contribution in [0.5, 0.6) is 0 Å². The third kappa shape index (κ3) is 4.73. The van der Waals surface area contributed by atoms with Gasteiger partial charge in [0, 0.05) is 33.3 Å². The molecule has 1 rings (SSSR count). The standard InChI is InChI=1S/C11H21N3O5S/c1-19-6-3-10(15)13-4-5-14(20(2,17)18)8-9(7-13)11(12)16/h9H,3-8H2,1-2H3,(H2,12,16)/t9-/m0/s1. The van der Waals surface area contributed by atoms with Crippen molar-refractivity contribution < 1.29 is 22.7 Å². The second-order valence-corrected chi connectivity index (χ2v) is 6.79. The molecule has 0 saturated carbocycles. The van der Waals surface area contributed by atoms with E-state index in [0.717, 1.165) is 6.26 Å². The van der Waals surface area contributed by atoms with Crippen LogP contribution in [0.1, 0.15) is 6.42 Å². The van der Waals surface area contributed by atoms with Crippen molar-refractivity contribution in [3.63, 3.8) is 0 Å². The summed E-state index contributed by atoms with van der Waals surface area (Å²) in [6, 6.07) is 0. The summed E-state index contributed by atoms with van der Waals surface area (Å²) in [6.07, 6.45) is 1.27. The van der Waals surface area contributed by atoms with E-state index < -0.39 is 21.8 Å². The summed E-state index contributed by atoms with van der Waals surface area (Å²) >= 11 is 0. The third-order valence-electron chi connectivity index (χ3n) is 3.23. The number of nitrogens with zero attached hydrogens (tertiary/aromatic N) is 2. The average molecular weight is 307 g/mol. The Morgan fingerprint density at radius 2 is 1.95 bits per heavy atom. The SMILES string of the molecule is COCCC(=O)N1CCN(S(C)(=O)=O)C[C@@H](C(N)=O)C1. The van der Waals surface area contributed by atoms with Gasteiger partial charge in [0.15, 0.2) is 0 Å². The van der Waals surface area contributed by atoms with E-state index in [-0.39, 0.29) is 45.1 Å². The van der Waals surface area contributed by atoms with Crippen LogP contribution in [0, 0.1) is 5.92 Å². The Morgan fingerprint density at radius 3 is 2.45 bits per heavy atom. The minimum Gasteiger partial charge on any atom is -0.384 e. The lowest BCUT2D eigenvalue weighted by atomic mass is 10.1. The van der Waals surface area contributed by atoms with Crippen LogP contribution in [0.25, 0.3) is 0 Å². The number of primary amides is 1. The third-order valence-corrected chi connectivity index (χ3v) is 4.50. The molecule has 9 heteroatoms. The maximum Gasteiger partial charge on any atom is 0.224 e. The van der Waals surface area contributed by atoms with E-state index >= 15 is 0 Å². The Kier molecular flexibility index (Phi) is 5.90. The minimum atomic E-state index is -3.42. The van der Waals surface area contributed by atoms with Crippen molar-refractivity contribution in [2.75, 3.05) is 46.2 Å². The molecule has 116 valence electrons. The highest BCUT2D eigenvalue weighted by molar-refractivity contribution is 7.88. The number of hydrogen-bond acceptors (Lipinski definition) is 5. The van der Waals surface area contributed by atoms with Crippen LogP contribution in [0.2, 0.25) is 0 Å². The quantitative estimate of drug-likeness (QED) is 0.646. The molecule has 1 aliphatic rings. The fourth-order valence-corrected chi connectivity index (χ4v) is 2.90. The smallest absolute Gasteiger partial charge is 0.224 e. The summed E-state index contributed by atoms with van der Waals surface area (Å²) in [6.45, 7) is 0.860. The molecule has 1 saturated heterocycles. The van der Waals surface area contributed by atoms with Gasteiger partial charge in [-0.3, -0.25) is 9.59 Å². The van der Waals surface area contributed by atoms with Gasteiger partial charge in [-0.05, 0) is 0 Å². The van der Waals surface area contributed by atoms with Crippen LogP contribution >= 0.6 is 0 Å². The topological polar surface area (TPSA) is 110 Å². The van der Waals surface area contributed by atoms with Crippen LogP contribution in [0.3, 0.4) is 0 Å². The second-order valence-electron chi connectivity index (χ2n) is 4.80. The van der Waals surface area contributed by atoms with Gasteiger partial charge in [-0.2, -0.15) is 4.31 Å².